The molecule has 0 spiro atoms. The van der Waals surface area contributed by atoms with Gasteiger partial charge in [0.05, 0.1) is 5.52 Å². The highest BCUT2D eigenvalue weighted by Crippen LogP contribution is 2.29. The second kappa shape index (κ2) is 8.53. The number of nitrogens with zero attached hydrogens (tertiary/aromatic N) is 2. The number of carbonyl (C=O) groups excluding carboxylic acids is 2. The van der Waals surface area contributed by atoms with E-state index < -0.39 is 18.1 Å². The van der Waals surface area contributed by atoms with E-state index in [1.54, 1.807) is 24.0 Å². The lowest BCUT2D eigenvalue weighted by Gasteiger charge is -2.31. The highest BCUT2D eigenvalue weighted by Gasteiger charge is 2.37. The summed E-state index contributed by atoms with van der Waals surface area (Å²) in [4.78, 5) is 43.1. The summed E-state index contributed by atoms with van der Waals surface area (Å²) in [6.07, 6.45) is 3.64. The molecule has 1 unspecified atom stereocenters. The molecule has 4 rings (SSSR count). The summed E-state index contributed by atoms with van der Waals surface area (Å²) in [5.74, 6) is -1.25. The number of aromatic carboxylic acids is 1. The van der Waals surface area contributed by atoms with Crippen molar-refractivity contribution in [1.82, 2.24) is 15.2 Å². The number of hydrogen-bond acceptors (Lipinski definition) is 5. The Kier molecular flexibility index (Phi) is 5.80. The van der Waals surface area contributed by atoms with Gasteiger partial charge in [0.1, 0.15) is 11.8 Å². The van der Waals surface area contributed by atoms with Crippen LogP contribution in [0, 0.1) is 6.92 Å². The van der Waals surface area contributed by atoms with Gasteiger partial charge in [0.25, 0.3) is 5.91 Å². The molecule has 2 amide bonds. The van der Waals surface area contributed by atoms with Crippen molar-refractivity contribution in [3.63, 3.8) is 0 Å². The predicted octanol–water partition coefficient (Wildman–Crippen LogP) is 2.67. The molecule has 8 nitrogen and oxygen atoms in total. The van der Waals surface area contributed by atoms with E-state index in [9.17, 15) is 19.5 Å². The molecule has 1 aliphatic heterocycles. The normalized spacial score (nSPS) is 19.7. The predicted molar refractivity (Wildman–Crippen MR) is 114 cm³/mol. The van der Waals surface area contributed by atoms with Crippen molar-refractivity contribution in [2.24, 2.45) is 0 Å². The maximum atomic E-state index is 13.1. The number of carbonyl (C=O) groups is 3. The van der Waals surface area contributed by atoms with Crippen molar-refractivity contribution in [3.05, 3.63) is 35.5 Å². The van der Waals surface area contributed by atoms with Gasteiger partial charge in [-0.15, -0.1) is 0 Å². The summed E-state index contributed by atoms with van der Waals surface area (Å²) in [5.41, 5.74) is 1.29. The number of likely N-dealkylation sites (tertiary alicyclic amines) is 1. The Morgan fingerprint density at radius 2 is 1.97 bits per heavy atom. The van der Waals surface area contributed by atoms with Crippen molar-refractivity contribution in [2.75, 3.05) is 6.54 Å². The van der Waals surface area contributed by atoms with Crippen LogP contribution in [0.2, 0.25) is 0 Å². The van der Waals surface area contributed by atoms with Crippen LogP contribution in [-0.2, 0) is 9.59 Å². The molecule has 31 heavy (non-hydrogen) atoms. The van der Waals surface area contributed by atoms with E-state index >= 15 is 0 Å². The van der Waals surface area contributed by atoms with Crippen LogP contribution in [0.4, 0.5) is 0 Å². The van der Waals surface area contributed by atoms with Gasteiger partial charge in [0, 0.05) is 24.0 Å². The van der Waals surface area contributed by atoms with Gasteiger partial charge in [0.15, 0.2) is 11.8 Å². The largest absolute Gasteiger partial charge is 0.480 e. The van der Waals surface area contributed by atoms with E-state index in [2.05, 4.69) is 10.3 Å². The summed E-state index contributed by atoms with van der Waals surface area (Å²) in [7, 11) is 0. The molecule has 1 aromatic heterocycles. The Labute approximate surface area is 180 Å². The van der Waals surface area contributed by atoms with Crippen molar-refractivity contribution < 1.29 is 24.2 Å². The van der Waals surface area contributed by atoms with Gasteiger partial charge in [-0.3, -0.25) is 9.59 Å². The minimum Gasteiger partial charge on any atom is -0.480 e. The fraction of sp³-hybridized carbons (Fsp3) is 0.478. The molecule has 1 saturated carbocycles. The zero-order valence-corrected chi connectivity index (χ0v) is 17.8. The molecule has 2 fully saturated rings. The standard InChI is InChI=1S/C23H27N3O5/c1-13-8-9-16-17(11-13)25-18(23(29)30)12-20(16)31-14(2)22(28)26-10-4-7-19(26)21(27)24-15-5-3-6-15/h8-9,11-12,14-15,19H,3-7,10H2,1-2H3,(H,24,27)(H,29,30)/t14-,19?/m1/s1. The van der Waals surface area contributed by atoms with Gasteiger partial charge in [-0.1, -0.05) is 6.07 Å². The second-order valence-electron chi connectivity index (χ2n) is 8.42. The van der Waals surface area contributed by atoms with Gasteiger partial charge in [0.2, 0.25) is 5.91 Å². The van der Waals surface area contributed by atoms with Crippen LogP contribution in [0.15, 0.2) is 24.3 Å². The van der Waals surface area contributed by atoms with Gasteiger partial charge < -0.3 is 20.1 Å². The highest BCUT2D eigenvalue weighted by atomic mass is 16.5. The molecule has 1 aromatic carbocycles. The Morgan fingerprint density at radius 1 is 1.19 bits per heavy atom. The first-order valence-corrected chi connectivity index (χ1v) is 10.8. The van der Waals surface area contributed by atoms with Crippen LogP contribution < -0.4 is 10.1 Å². The molecular formula is C23H27N3O5. The minimum absolute atomic E-state index is 0.0965. The topological polar surface area (TPSA) is 109 Å². The van der Waals surface area contributed by atoms with Crippen molar-refractivity contribution in [1.29, 1.82) is 0 Å². The molecule has 8 heteroatoms. The zero-order chi connectivity index (χ0) is 22.1. The average molecular weight is 425 g/mol. The number of carboxylic acids is 1. The van der Waals surface area contributed by atoms with Crippen molar-refractivity contribution in [2.45, 2.75) is 64.1 Å². The second-order valence-corrected chi connectivity index (χ2v) is 8.42. The van der Waals surface area contributed by atoms with E-state index in [0.717, 1.165) is 31.2 Å². The minimum atomic E-state index is -1.17. The molecule has 0 bridgehead atoms. The summed E-state index contributed by atoms with van der Waals surface area (Å²) in [6.45, 7) is 4.03. The zero-order valence-electron chi connectivity index (χ0n) is 17.8. The first kappa shape index (κ1) is 21.1. The molecule has 2 aliphatic rings. The molecule has 2 aromatic rings. The molecule has 2 atom stereocenters. The third-order valence-electron chi connectivity index (χ3n) is 6.09. The Hall–Kier alpha value is -3.16. The van der Waals surface area contributed by atoms with E-state index in [0.29, 0.717) is 23.9 Å². The lowest BCUT2D eigenvalue weighted by atomic mass is 9.93. The van der Waals surface area contributed by atoms with Gasteiger partial charge in [-0.25, -0.2) is 9.78 Å². The van der Waals surface area contributed by atoms with Gasteiger partial charge in [-0.2, -0.15) is 0 Å². The summed E-state index contributed by atoms with van der Waals surface area (Å²) in [5, 5.41) is 13.1. The first-order chi connectivity index (χ1) is 14.8. The number of amides is 2. The van der Waals surface area contributed by atoms with Gasteiger partial charge >= 0.3 is 5.97 Å². The summed E-state index contributed by atoms with van der Waals surface area (Å²) in [6, 6.07) is 6.55. The number of fused-ring (bicyclic) bond motifs is 1. The Bertz CT molecular complexity index is 1030. The number of aromatic nitrogens is 1. The average Bonchev–Trinajstić information content (AvgIpc) is 3.19. The number of hydrogen-bond donors (Lipinski definition) is 2. The fourth-order valence-corrected chi connectivity index (χ4v) is 4.14. The number of aryl methyl sites for hydroxylation is 1. The molecule has 1 saturated heterocycles. The monoisotopic (exact) mass is 425 g/mol. The van der Waals surface area contributed by atoms with Crippen LogP contribution in [0.5, 0.6) is 5.75 Å². The van der Waals surface area contributed by atoms with Crippen LogP contribution >= 0.6 is 0 Å². The smallest absolute Gasteiger partial charge is 0.354 e. The van der Waals surface area contributed by atoms with Crippen LogP contribution in [0.1, 0.15) is 55.1 Å². The van der Waals surface area contributed by atoms with Gasteiger partial charge in [-0.05, 0) is 63.6 Å². The van der Waals surface area contributed by atoms with Crippen molar-refractivity contribution >= 4 is 28.7 Å². The summed E-state index contributed by atoms with van der Waals surface area (Å²) < 4.78 is 5.95. The summed E-state index contributed by atoms with van der Waals surface area (Å²) >= 11 is 0. The molecule has 2 N–H and O–H groups in total. The Morgan fingerprint density at radius 3 is 2.65 bits per heavy atom. The molecule has 1 aliphatic carbocycles. The first-order valence-electron chi connectivity index (χ1n) is 10.8. The van der Waals surface area contributed by atoms with Crippen LogP contribution in [0.3, 0.4) is 0 Å². The van der Waals surface area contributed by atoms with E-state index in [-0.39, 0.29) is 29.3 Å². The molecular weight excluding hydrogens is 398 g/mol. The lowest BCUT2D eigenvalue weighted by Crippen LogP contribution is -2.52. The third kappa shape index (κ3) is 4.33. The number of carboxylic acid groups (broad SMARTS) is 1. The quantitative estimate of drug-likeness (QED) is 0.737. The SMILES string of the molecule is Cc1ccc2c(O[C@H](C)C(=O)N3CCCC3C(=O)NC3CCC3)cc(C(=O)O)nc2c1. The number of pyridine rings is 1. The van der Waals surface area contributed by atoms with E-state index in [1.807, 2.05) is 13.0 Å². The number of nitrogens with one attached hydrogen (secondary N) is 1. The number of benzene rings is 1. The Balaban J connectivity index is 1.53. The number of rotatable bonds is 6. The molecule has 164 valence electrons. The number of ether oxygens (including phenoxy) is 1. The highest BCUT2D eigenvalue weighted by molar-refractivity contribution is 5.94. The lowest BCUT2D eigenvalue weighted by molar-refractivity contribution is -0.143. The van der Waals surface area contributed by atoms with E-state index in [1.165, 1.54) is 6.07 Å². The van der Waals surface area contributed by atoms with Crippen molar-refractivity contribution in [3.8, 4) is 5.75 Å². The fourth-order valence-electron chi connectivity index (χ4n) is 4.14. The molecule has 2 heterocycles. The maximum Gasteiger partial charge on any atom is 0.354 e. The van der Waals surface area contributed by atoms with Crippen LogP contribution in [-0.4, -0.2) is 57.5 Å². The van der Waals surface area contributed by atoms with E-state index in [4.69, 9.17) is 4.74 Å². The third-order valence-corrected chi connectivity index (χ3v) is 6.09. The van der Waals surface area contributed by atoms with Crippen LogP contribution in [0.25, 0.3) is 10.9 Å². The molecule has 0 radical (unpaired) electrons. The maximum absolute atomic E-state index is 13.1.